The van der Waals surface area contributed by atoms with Crippen LogP contribution in [0.3, 0.4) is 0 Å². The molecule has 2 aromatic carbocycles. The van der Waals surface area contributed by atoms with Crippen LogP contribution in [0.5, 0.6) is 0 Å². The number of fused-ring (bicyclic) bond motifs is 1. The molecule has 6 nitrogen and oxygen atoms in total. The van der Waals surface area contributed by atoms with E-state index < -0.39 is 0 Å². The van der Waals surface area contributed by atoms with Crippen molar-refractivity contribution >= 4 is 11.6 Å². The number of anilines is 1. The number of benzene rings is 2. The van der Waals surface area contributed by atoms with E-state index in [0.717, 1.165) is 12.2 Å². The first-order valence-corrected chi connectivity index (χ1v) is 8.68. The molecule has 2 heterocycles. The molecule has 0 spiro atoms. The van der Waals surface area contributed by atoms with E-state index in [1.807, 2.05) is 45.9 Å². The van der Waals surface area contributed by atoms with Crippen LogP contribution in [-0.4, -0.2) is 45.2 Å². The second kappa shape index (κ2) is 6.63. The summed E-state index contributed by atoms with van der Waals surface area (Å²) in [4.78, 5) is 17.3. The Bertz CT molecular complexity index is 904. The van der Waals surface area contributed by atoms with Gasteiger partial charge in [0.25, 0.3) is 5.91 Å². The molecule has 1 aliphatic rings. The minimum Gasteiger partial charge on any atom is -0.372 e. The molecule has 3 aromatic rings. The van der Waals surface area contributed by atoms with Crippen molar-refractivity contribution in [3.63, 3.8) is 0 Å². The van der Waals surface area contributed by atoms with Crippen molar-refractivity contribution in [1.82, 2.24) is 19.7 Å². The quantitative estimate of drug-likeness (QED) is 0.715. The summed E-state index contributed by atoms with van der Waals surface area (Å²) in [6.45, 7) is 3.53. The van der Waals surface area contributed by atoms with Crippen molar-refractivity contribution in [2.75, 3.05) is 18.5 Å². The average Bonchev–Trinajstić information content (AvgIpc) is 3.16. The van der Waals surface area contributed by atoms with Crippen LogP contribution in [0.25, 0.3) is 5.69 Å². The van der Waals surface area contributed by atoms with Crippen LogP contribution in [0.15, 0.2) is 61.2 Å². The highest BCUT2D eigenvalue weighted by molar-refractivity contribution is 5.94. The summed E-state index contributed by atoms with van der Waals surface area (Å²) < 4.78 is 1.81. The maximum absolute atomic E-state index is 13.2. The van der Waals surface area contributed by atoms with Crippen LogP contribution in [0.2, 0.25) is 0 Å². The molecule has 1 aliphatic heterocycles. The minimum absolute atomic E-state index is 0.0536. The number of carbonyl (C=O) groups excluding carboxylic acids is 1. The standard InChI is InChI=1S/C20H21N5O/c1-15-11-23(2)19-6-4-3-5-17(19)12-25(15)20(26)16-7-9-18(10-8-16)24-13-21-22-14-24/h3-10,13-15H,11-12H2,1-2H3/t15-/m1/s1. The Morgan fingerprint density at radius 1 is 1.04 bits per heavy atom. The summed E-state index contributed by atoms with van der Waals surface area (Å²) in [6.07, 6.45) is 3.28. The maximum atomic E-state index is 13.2. The molecule has 26 heavy (non-hydrogen) atoms. The summed E-state index contributed by atoms with van der Waals surface area (Å²) in [6, 6.07) is 16.0. The van der Waals surface area contributed by atoms with Gasteiger partial charge in [-0.15, -0.1) is 10.2 Å². The predicted molar refractivity (Wildman–Crippen MR) is 100 cm³/mol. The SMILES string of the molecule is C[C@@H]1CN(C)c2ccccc2CN1C(=O)c1ccc(-n2cnnc2)cc1. The number of hydrogen-bond acceptors (Lipinski definition) is 4. The molecule has 0 unspecified atom stereocenters. The predicted octanol–water partition coefficient (Wildman–Crippen LogP) is 2.75. The zero-order valence-corrected chi connectivity index (χ0v) is 14.9. The lowest BCUT2D eigenvalue weighted by molar-refractivity contribution is 0.0687. The van der Waals surface area contributed by atoms with Gasteiger partial charge in [0.2, 0.25) is 0 Å². The lowest BCUT2D eigenvalue weighted by Gasteiger charge is -2.28. The Labute approximate surface area is 152 Å². The summed E-state index contributed by atoms with van der Waals surface area (Å²) in [5.41, 5.74) is 3.99. The number of para-hydroxylation sites is 1. The van der Waals surface area contributed by atoms with Gasteiger partial charge in [0.15, 0.2) is 0 Å². The first kappa shape index (κ1) is 16.3. The normalized spacial score (nSPS) is 16.9. The molecule has 0 fully saturated rings. The second-order valence-electron chi connectivity index (χ2n) is 6.71. The minimum atomic E-state index is 0.0536. The fraction of sp³-hybridized carbons (Fsp3) is 0.250. The van der Waals surface area contributed by atoms with Crippen LogP contribution in [-0.2, 0) is 6.54 Å². The smallest absolute Gasteiger partial charge is 0.254 e. The van der Waals surface area contributed by atoms with E-state index in [2.05, 4.69) is 41.2 Å². The summed E-state index contributed by atoms with van der Waals surface area (Å²) in [7, 11) is 2.08. The van der Waals surface area contributed by atoms with Crippen LogP contribution in [0.1, 0.15) is 22.8 Å². The van der Waals surface area contributed by atoms with Gasteiger partial charge in [0.05, 0.1) is 0 Å². The number of aromatic nitrogens is 3. The molecule has 0 bridgehead atoms. The summed E-state index contributed by atoms with van der Waals surface area (Å²) in [5, 5.41) is 7.62. The number of amides is 1. The Hall–Kier alpha value is -3.15. The molecule has 0 saturated carbocycles. The van der Waals surface area contributed by atoms with Crippen molar-refractivity contribution in [3.8, 4) is 5.69 Å². The van der Waals surface area contributed by atoms with E-state index >= 15 is 0 Å². The Morgan fingerprint density at radius 2 is 1.73 bits per heavy atom. The number of likely N-dealkylation sites (N-methyl/N-ethyl adjacent to an activating group) is 1. The number of carbonyl (C=O) groups is 1. The highest BCUT2D eigenvalue weighted by Gasteiger charge is 2.27. The van der Waals surface area contributed by atoms with Crippen LogP contribution >= 0.6 is 0 Å². The lowest BCUT2D eigenvalue weighted by atomic mass is 10.1. The number of hydrogen-bond donors (Lipinski definition) is 0. The van der Waals surface area contributed by atoms with Crippen LogP contribution in [0, 0.1) is 0 Å². The molecular formula is C20H21N5O. The third kappa shape index (κ3) is 2.94. The fourth-order valence-corrected chi connectivity index (χ4v) is 3.50. The molecule has 0 N–H and O–H groups in total. The van der Waals surface area contributed by atoms with Crippen molar-refractivity contribution in [3.05, 3.63) is 72.3 Å². The first-order chi connectivity index (χ1) is 12.6. The van der Waals surface area contributed by atoms with Gasteiger partial charge in [-0.2, -0.15) is 0 Å². The van der Waals surface area contributed by atoms with Crippen molar-refractivity contribution in [2.24, 2.45) is 0 Å². The summed E-state index contributed by atoms with van der Waals surface area (Å²) in [5.74, 6) is 0.0536. The van der Waals surface area contributed by atoms with E-state index in [9.17, 15) is 4.79 Å². The van der Waals surface area contributed by atoms with Gasteiger partial charge in [0, 0.05) is 43.1 Å². The third-order valence-electron chi connectivity index (χ3n) is 4.91. The molecule has 1 atom stereocenters. The zero-order chi connectivity index (χ0) is 18.1. The summed E-state index contributed by atoms with van der Waals surface area (Å²) >= 11 is 0. The van der Waals surface area contributed by atoms with Crippen molar-refractivity contribution in [1.29, 1.82) is 0 Å². The Kier molecular flexibility index (Phi) is 4.16. The average molecular weight is 347 g/mol. The molecular weight excluding hydrogens is 326 g/mol. The van der Waals surface area contributed by atoms with Gasteiger partial charge in [0.1, 0.15) is 12.7 Å². The van der Waals surface area contributed by atoms with Gasteiger partial charge in [-0.1, -0.05) is 18.2 Å². The van der Waals surface area contributed by atoms with Crippen LogP contribution < -0.4 is 4.90 Å². The van der Waals surface area contributed by atoms with Gasteiger partial charge in [-0.3, -0.25) is 9.36 Å². The van der Waals surface area contributed by atoms with Crippen LogP contribution in [0.4, 0.5) is 5.69 Å². The largest absolute Gasteiger partial charge is 0.372 e. The maximum Gasteiger partial charge on any atom is 0.254 e. The lowest BCUT2D eigenvalue weighted by Crippen LogP contribution is -2.41. The van der Waals surface area contributed by atoms with E-state index in [1.54, 1.807) is 12.7 Å². The molecule has 0 saturated heterocycles. The highest BCUT2D eigenvalue weighted by atomic mass is 16.2. The van der Waals surface area contributed by atoms with Crippen molar-refractivity contribution in [2.45, 2.75) is 19.5 Å². The molecule has 0 radical (unpaired) electrons. The number of rotatable bonds is 2. The topological polar surface area (TPSA) is 54.3 Å². The first-order valence-electron chi connectivity index (χ1n) is 8.68. The highest BCUT2D eigenvalue weighted by Crippen LogP contribution is 2.27. The monoisotopic (exact) mass is 347 g/mol. The van der Waals surface area contributed by atoms with Gasteiger partial charge >= 0.3 is 0 Å². The molecule has 1 aromatic heterocycles. The molecule has 132 valence electrons. The van der Waals surface area contributed by atoms with Crippen molar-refractivity contribution < 1.29 is 4.79 Å². The van der Waals surface area contributed by atoms with E-state index in [0.29, 0.717) is 12.1 Å². The fourth-order valence-electron chi connectivity index (χ4n) is 3.50. The molecule has 1 amide bonds. The number of nitrogens with zero attached hydrogens (tertiary/aromatic N) is 5. The van der Waals surface area contributed by atoms with E-state index in [1.165, 1.54) is 11.3 Å². The molecule has 0 aliphatic carbocycles. The van der Waals surface area contributed by atoms with Gasteiger partial charge in [-0.25, -0.2) is 0 Å². The van der Waals surface area contributed by atoms with Gasteiger partial charge in [-0.05, 0) is 42.8 Å². The van der Waals surface area contributed by atoms with E-state index in [-0.39, 0.29) is 11.9 Å². The van der Waals surface area contributed by atoms with E-state index in [4.69, 9.17) is 0 Å². The second-order valence-corrected chi connectivity index (χ2v) is 6.71. The third-order valence-corrected chi connectivity index (χ3v) is 4.91. The molecule has 4 rings (SSSR count). The Balaban J connectivity index is 1.61. The van der Waals surface area contributed by atoms with Gasteiger partial charge < -0.3 is 9.80 Å². The molecule has 6 heteroatoms. The Morgan fingerprint density at radius 3 is 2.46 bits per heavy atom. The zero-order valence-electron chi connectivity index (χ0n) is 14.9.